The highest BCUT2D eigenvalue weighted by atomic mass is 32.1. The van der Waals surface area contributed by atoms with Gasteiger partial charge in [-0.1, -0.05) is 46.0 Å². The highest BCUT2D eigenvalue weighted by Crippen LogP contribution is 2.26. The Bertz CT molecular complexity index is 936. The molecule has 1 saturated heterocycles. The SMILES string of the molecule is CCC.CNc1nc(N2CCCCCC2)ccc1C(=N)c1cnc(C(=O)NCC2CCCC2)s1.[HH]. The van der Waals surface area contributed by atoms with Crippen molar-refractivity contribution in [2.75, 3.05) is 36.9 Å². The van der Waals surface area contributed by atoms with E-state index < -0.39 is 0 Å². The Morgan fingerprint density at radius 1 is 1.15 bits per heavy atom. The third kappa shape index (κ3) is 7.01. The fourth-order valence-corrected chi connectivity index (χ4v) is 5.27. The summed E-state index contributed by atoms with van der Waals surface area (Å²) in [6, 6.07) is 3.97. The predicted molar refractivity (Wildman–Crippen MR) is 145 cm³/mol. The first kappa shape index (κ1) is 26.1. The van der Waals surface area contributed by atoms with Gasteiger partial charge in [0, 0.05) is 39.9 Å². The first-order chi connectivity index (χ1) is 16.6. The van der Waals surface area contributed by atoms with Gasteiger partial charge in [0.2, 0.25) is 0 Å². The van der Waals surface area contributed by atoms with E-state index >= 15 is 0 Å². The second-order valence-electron chi connectivity index (χ2n) is 9.19. The van der Waals surface area contributed by atoms with Crippen molar-refractivity contribution in [1.82, 2.24) is 15.3 Å². The Morgan fingerprint density at radius 3 is 2.47 bits per heavy atom. The maximum Gasteiger partial charge on any atom is 0.280 e. The van der Waals surface area contributed by atoms with E-state index in [1.165, 1.54) is 69.1 Å². The summed E-state index contributed by atoms with van der Waals surface area (Å²) in [5.74, 6) is 2.10. The molecule has 2 aliphatic rings. The monoisotopic (exact) mass is 486 g/mol. The van der Waals surface area contributed by atoms with Crippen LogP contribution in [0.3, 0.4) is 0 Å². The summed E-state index contributed by atoms with van der Waals surface area (Å²) in [5, 5.41) is 15.3. The number of pyridine rings is 1. The lowest BCUT2D eigenvalue weighted by Gasteiger charge is -2.22. The zero-order chi connectivity index (χ0) is 24.3. The molecule has 1 amide bonds. The Labute approximate surface area is 209 Å². The standard InChI is InChI=1S/C23H32N6OS.C3H8.H2/c1-25-21-17(10-11-19(28-21)29-12-6-2-3-7-13-29)20(24)18-15-27-23(31-18)22(30)26-14-16-8-4-5-9-16;1-3-2;/h10-11,15-16,24H,2-9,12-14H2,1H3,(H,25,28)(H,26,30);3H2,1-2H3;1H. The summed E-state index contributed by atoms with van der Waals surface area (Å²) in [6.07, 6.45) is 12.7. The third-order valence-corrected chi connectivity index (χ3v) is 7.30. The van der Waals surface area contributed by atoms with Gasteiger partial charge < -0.3 is 15.5 Å². The van der Waals surface area contributed by atoms with Crippen molar-refractivity contribution in [3.05, 3.63) is 33.8 Å². The summed E-state index contributed by atoms with van der Waals surface area (Å²) in [5.41, 5.74) is 1.06. The molecule has 2 fully saturated rings. The van der Waals surface area contributed by atoms with Crippen molar-refractivity contribution in [1.29, 1.82) is 5.41 Å². The van der Waals surface area contributed by atoms with E-state index in [1.807, 2.05) is 19.2 Å². The topological polar surface area (TPSA) is 94.0 Å². The molecule has 0 aromatic carbocycles. The quantitative estimate of drug-likeness (QED) is 0.420. The lowest BCUT2D eigenvalue weighted by atomic mass is 10.1. The average molecular weight is 487 g/mol. The van der Waals surface area contributed by atoms with Crippen molar-refractivity contribution in [3.8, 4) is 0 Å². The van der Waals surface area contributed by atoms with E-state index in [4.69, 9.17) is 10.4 Å². The lowest BCUT2D eigenvalue weighted by Crippen LogP contribution is -2.28. The number of carbonyl (C=O) groups excluding carboxylic acids is 1. The van der Waals surface area contributed by atoms with Crippen LogP contribution in [-0.4, -0.2) is 48.3 Å². The maximum absolute atomic E-state index is 12.5. The second-order valence-corrected chi connectivity index (χ2v) is 10.2. The largest absolute Gasteiger partial charge is 0.373 e. The molecule has 3 N–H and O–H groups in total. The van der Waals surface area contributed by atoms with Gasteiger partial charge in [0.15, 0.2) is 5.01 Å². The van der Waals surface area contributed by atoms with Crippen LogP contribution in [0.1, 0.15) is 93.3 Å². The number of hydrogen-bond donors (Lipinski definition) is 3. The van der Waals surface area contributed by atoms with E-state index in [0.29, 0.717) is 27.3 Å². The molecular weight excluding hydrogens is 444 g/mol. The molecule has 1 aliphatic carbocycles. The van der Waals surface area contributed by atoms with Gasteiger partial charge in [-0.05, 0) is 43.7 Å². The Morgan fingerprint density at radius 2 is 1.82 bits per heavy atom. The first-order valence-corrected chi connectivity index (χ1v) is 13.7. The number of nitrogens with one attached hydrogen (secondary N) is 3. The Balaban J connectivity index is 0.00000103. The van der Waals surface area contributed by atoms with E-state index in [2.05, 4.69) is 34.4 Å². The summed E-state index contributed by atoms with van der Waals surface area (Å²) < 4.78 is 0. The molecule has 7 nitrogen and oxygen atoms in total. The minimum Gasteiger partial charge on any atom is -0.373 e. The molecule has 0 unspecified atom stereocenters. The first-order valence-electron chi connectivity index (χ1n) is 12.8. The molecule has 34 heavy (non-hydrogen) atoms. The van der Waals surface area contributed by atoms with Crippen LogP contribution in [0.5, 0.6) is 0 Å². The van der Waals surface area contributed by atoms with Crippen molar-refractivity contribution in [2.45, 2.75) is 71.6 Å². The number of nitrogens with zero attached hydrogens (tertiary/aromatic N) is 3. The van der Waals surface area contributed by atoms with E-state index in [0.717, 1.165) is 31.0 Å². The van der Waals surface area contributed by atoms with Crippen LogP contribution in [0.4, 0.5) is 11.6 Å². The van der Waals surface area contributed by atoms with Crippen LogP contribution >= 0.6 is 11.3 Å². The molecular formula is C26H42N6OS. The molecule has 2 aromatic rings. The summed E-state index contributed by atoms with van der Waals surface area (Å²) in [7, 11) is 1.83. The number of aromatic nitrogens is 2. The molecule has 0 spiro atoms. The van der Waals surface area contributed by atoms with Crippen molar-refractivity contribution in [2.24, 2.45) is 5.92 Å². The average Bonchev–Trinajstić information content (AvgIpc) is 3.49. The molecule has 2 aromatic heterocycles. The van der Waals surface area contributed by atoms with Gasteiger partial charge in [0.1, 0.15) is 11.6 Å². The maximum atomic E-state index is 12.5. The van der Waals surface area contributed by atoms with Crippen LogP contribution in [0, 0.1) is 11.3 Å². The minimum absolute atomic E-state index is 0. The summed E-state index contributed by atoms with van der Waals surface area (Å²) >= 11 is 1.27. The van der Waals surface area contributed by atoms with Crippen LogP contribution in [0.15, 0.2) is 18.3 Å². The Hall–Kier alpha value is -2.48. The molecule has 0 bridgehead atoms. The molecule has 4 rings (SSSR count). The molecule has 1 saturated carbocycles. The van der Waals surface area contributed by atoms with Gasteiger partial charge in [-0.2, -0.15) is 0 Å². The summed E-state index contributed by atoms with van der Waals surface area (Å²) in [6.45, 7) is 7.03. The molecule has 1 aliphatic heterocycles. The number of hydrogen-bond acceptors (Lipinski definition) is 7. The predicted octanol–water partition coefficient (Wildman–Crippen LogP) is 5.96. The highest BCUT2D eigenvalue weighted by molar-refractivity contribution is 7.15. The van der Waals surface area contributed by atoms with Crippen molar-refractivity contribution >= 4 is 34.6 Å². The van der Waals surface area contributed by atoms with Crippen LogP contribution in [0.25, 0.3) is 0 Å². The van der Waals surface area contributed by atoms with Gasteiger partial charge in [0.05, 0.1) is 10.6 Å². The highest BCUT2D eigenvalue weighted by Gasteiger charge is 2.20. The van der Waals surface area contributed by atoms with Gasteiger partial charge in [-0.15, -0.1) is 11.3 Å². The van der Waals surface area contributed by atoms with Gasteiger partial charge >= 0.3 is 0 Å². The smallest absolute Gasteiger partial charge is 0.280 e. The molecule has 0 radical (unpaired) electrons. The second kappa shape index (κ2) is 13.4. The molecule has 8 heteroatoms. The number of thiazole rings is 1. The fourth-order valence-electron chi connectivity index (χ4n) is 4.47. The lowest BCUT2D eigenvalue weighted by molar-refractivity contribution is 0.0947. The van der Waals surface area contributed by atoms with Gasteiger partial charge in [-0.3, -0.25) is 10.2 Å². The third-order valence-electron chi connectivity index (χ3n) is 6.29. The van der Waals surface area contributed by atoms with E-state index in [-0.39, 0.29) is 7.33 Å². The molecule has 0 atom stereocenters. The van der Waals surface area contributed by atoms with E-state index in [9.17, 15) is 4.79 Å². The number of rotatable bonds is 7. The molecule has 3 heterocycles. The molecule has 188 valence electrons. The van der Waals surface area contributed by atoms with E-state index in [1.54, 1.807) is 6.20 Å². The fraction of sp³-hybridized carbons (Fsp3) is 0.615. The van der Waals surface area contributed by atoms with Crippen molar-refractivity contribution in [3.63, 3.8) is 0 Å². The Kier molecular flexibility index (Phi) is 10.3. The minimum atomic E-state index is -0.139. The van der Waals surface area contributed by atoms with Crippen LogP contribution in [-0.2, 0) is 0 Å². The number of amides is 1. The zero-order valence-electron chi connectivity index (χ0n) is 21.0. The van der Waals surface area contributed by atoms with Gasteiger partial charge in [0.25, 0.3) is 5.91 Å². The zero-order valence-corrected chi connectivity index (χ0v) is 21.8. The number of anilines is 2. The van der Waals surface area contributed by atoms with Gasteiger partial charge in [-0.25, -0.2) is 9.97 Å². The summed E-state index contributed by atoms with van der Waals surface area (Å²) in [4.78, 5) is 24.6. The van der Waals surface area contributed by atoms with Crippen LogP contribution in [0.2, 0.25) is 0 Å². The normalized spacial score (nSPS) is 16.4. The number of carbonyl (C=O) groups is 1. The van der Waals surface area contributed by atoms with Crippen molar-refractivity contribution < 1.29 is 6.22 Å². The van der Waals surface area contributed by atoms with Crippen LogP contribution < -0.4 is 15.5 Å².